The van der Waals surface area contributed by atoms with Crippen LogP contribution in [0.3, 0.4) is 0 Å². The zero-order valence-electron chi connectivity index (χ0n) is 8.72. The molecule has 0 spiro atoms. The lowest BCUT2D eigenvalue weighted by Gasteiger charge is -2.10. The zero-order valence-corrected chi connectivity index (χ0v) is 8.72. The quantitative estimate of drug-likeness (QED) is 0.469. The number of carboxylic acid groups (broad SMARTS) is 2. The second-order valence-corrected chi connectivity index (χ2v) is 3.13. The minimum atomic E-state index is -1.09. The van der Waals surface area contributed by atoms with Crippen LogP contribution in [0.5, 0.6) is 0 Å². The molecule has 2 N–H and O–H groups in total. The van der Waals surface area contributed by atoms with Crippen molar-refractivity contribution in [3.8, 4) is 0 Å². The maximum atomic E-state index is 10.7. The zero-order chi connectivity index (χ0) is 12.6. The Hall–Kier alpha value is -1.85. The summed E-state index contributed by atoms with van der Waals surface area (Å²) in [6.07, 6.45) is 0.887. The van der Waals surface area contributed by atoms with E-state index in [2.05, 4.69) is 11.3 Å². The number of aliphatic carboxylic acids is 2. The van der Waals surface area contributed by atoms with Crippen LogP contribution in [0.4, 0.5) is 0 Å². The summed E-state index contributed by atoms with van der Waals surface area (Å²) in [6.45, 7) is 3.13. The standard InChI is InChI=1S/C10H14O6/c1-2-9(13)16-6-5-7(10(14)15)3-4-8(11)12/h2,7H,1,3-6H2,(H,11,12)(H,14,15). The van der Waals surface area contributed by atoms with E-state index in [1.165, 1.54) is 0 Å². The van der Waals surface area contributed by atoms with Crippen molar-refractivity contribution >= 4 is 17.9 Å². The average molecular weight is 230 g/mol. The van der Waals surface area contributed by atoms with Crippen LogP contribution in [-0.2, 0) is 19.1 Å². The topological polar surface area (TPSA) is 101 Å². The Balaban J connectivity index is 3.94. The van der Waals surface area contributed by atoms with Gasteiger partial charge >= 0.3 is 17.9 Å². The maximum Gasteiger partial charge on any atom is 0.330 e. The molecule has 1 atom stereocenters. The van der Waals surface area contributed by atoms with E-state index in [4.69, 9.17) is 10.2 Å². The molecule has 16 heavy (non-hydrogen) atoms. The second-order valence-electron chi connectivity index (χ2n) is 3.13. The monoisotopic (exact) mass is 230 g/mol. The summed E-state index contributed by atoms with van der Waals surface area (Å²) in [7, 11) is 0. The molecule has 90 valence electrons. The summed E-state index contributed by atoms with van der Waals surface area (Å²) in [5, 5.41) is 17.2. The number of hydrogen-bond donors (Lipinski definition) is 2. The predicted octanol–water partition coefficient (Wildman–Crippen LogP) is 0.671. The Bertz CT molecular complexity index is 283. The van der Waals surface area contributed by atoms with Gasteiger partial charge in [0.2, 0.25) is 0 Å². The van der Waals surface area contributed by atoms with Crippen molar-refractivity contribution in [3.63, 3.8) is 0 Å². The van der Waals surface area contributed by atoms with Gasteiger partial charge in [-0.3, -0.25) is 9.59 Å². The number of carboxylic acids is 2. The van der Waals surface area contributed by atoms with Gasteiger partial charge < -0.3 is 14.9 Å². The fraction of sp³-hybridized carbons (Fsp3) is 0.500. The molecule has 0 aliphatic carbocycles. The van der Waals surface area contributed by atoms with Gasteiger partial charge in [-0.1, -0.05) is 6.58 Å². The smallest absolute Gasteiger partial charge is 0.330 e. The van der Waals surface area contributed by atoms with E-state index in [1.807, 2.05) is 0 Å². The summed E-state index contributed by atoms with van der Waals surface area (Å²) in [4.78, 5) is 31.6. The SMILES string of the molecule is C=CC(=O)OCCC(CCC(=O)O)C(=O)O. The van der Waals surface area contributed by atoms with Gasteiger partial charge in [0, 0.05) is 12.5 Å². The molecule has 0 aliphatic rings. The Morgan fingerprint density at radius 1 is 1.25 bits per heavy atom. The van der Waals surface area contributed by atoms with E-state index >= 15 is 0 Å². The molecule has 6 heteroatoms. The van der Waals surface area contributed by atoms with Gasteiger partial charge in [-0.2, -0.15) is 0 Å². The van der Waals surface area contributed by atoms with Gasteiger partial charge in [-0.05, 0) is 12.8 Å². The Kier molecular flexibility index (Phi) is 6.58. The molecule has 1 unspecified atom stereocenters. The summed E-state index contributed by atoms with van der Waals surface area (Å²) in [5.41, 5.74) is 0. The Morgan fingerprint density at radius 3 is 2.31 bits per heavy atom. The second kappa shape index (κ2) is 7.44. The molecule has 0 aromatic heterocycles. The molecule has 0 radical (unpaired) electrons. The molecule has 0 bridgehead atoms. The molecular weight excluding hydrogens is 216 g/mol. The first-order valence-electron chi connectivity index (χ1n) is 4.71. The average Bonchev–Trinajstić information content (AvgIpc) is 2.21. The van der Waals surface area contributed by atoms with E-state index in [0.29, 0.717) is 0 Å². The molecule has 0 aromatic rings. The highest BCUT2D eigenvalue weighted by molar-refractivity contribution is 5.81. The molecule has 0 aliphatic heterocycles. The van der Waals surface area contributed by atoms with Crippen LogP contribution in [0.2, 0.25) is 0 Å². The highest BCUT2D eigenvalue weighted by Crippen LogP contribution is 2.12. The normalized spacial score (nSPS) is 11.5. The number of hydrogen-bond acceptors (Lipinski definition) is 4. The van der Waals surface area contributed by atoms with E-state index in [-0.39, 0.29) is 25.9 Å². The number of esters is 1. The summed E-state index contributed by atoms with van der Waals surface area (Å²) < 4.78 is 4.61. The van der Waals surface area contributed by atoms with Gasteiger partial charge in [0.05, 0.1) is 12.5 Å². The predicted molar refractivity (Wildman–Crippen MR) is 53.8 cm³/mol. The molecule has 0 saturated carbocycles. The van der Waals surface area contributed by atoms with E-state index in [0.717, 1.165) is 6.08 Å². The Morgan fingerprint density at radius 2 is 1.88 bits per heavy atom. The molecule has 0 saturated heterocycles. The van der Waals surface area contributed by atoms with Crippen molar-refractivity contribution in [2.24, 2.45) is 5.92 Å². The minimum absolute atomic E-state index is 0.0241. The molecule has 0 amide bonds. The first-order chi connectivity index (χ1) is 7.47. The molecule has 6 nitrogen and oxygen atoms in total. The fourth-order valence-electron chi connectivity index (χ4n) is 1.05. The lowest BCUT2D eigenvalue weighted by Crippen LogP contribution is -2.18. The van der Waals surface area contributed by atoms with Crippen LogP contribution < -0.4 is 0 Å². The Labute approximate surface area is 92.5 Å². The number of carbonyl (C=O) groups is 3. The summed E-state index contributed by atoms with van der Waals surface area (Å²) in [6, 6.07) is 0. The van der Waals surface area contributed by atoms with Crippen LogP contribution in [0, 0.1) is 5.92 Å². The highest BCUT2D eigenvalue weighted by Gasteiger charge is 2.18. The van der Waals surface area contributed by atoms with Gasteiger partial charge in [-0.15, -0.1) is 0 Å². The molecule has 0 fully saturated rings. The van der Waals surface area contributed by atoms with Crippen LogP contribution in [0.15, 0.2) is 12.7 Å². The lowest BCUT2D eigenvalue weighted by molar-refractivity contribution is -0.146. The third-order valence-electron chi connectivity index (χ3n) is 1.93. The van der Waals surface area contributed by atoms with Crippen LogP contribution in [-0.4, -0.2) is 34.7 Å². The summed E-state index contributed by atoms with van der Waals surface area (Å²) >= 11 is 0. The van der Waals surface area contributed by atoms with E-state index < -0.39 is 23.8 Å². The van der Waals surface area contributed by atoms with Gasteiger partial charge in [0.1, 0.15) is 0 Å². The number of carbonyl (C=O) groups excluding carboxylic acids is 1. The number of rotatable bonds is 8. The van der Waals surface area contributed by atoms with Gasteiger partial charge in [-0.25, -0.2) is 4.79 Å². The number of ether oxygens (including phenoxy) is 1. The minimum Gasteiger partial charge on any atom is -0.481 e. The first kappa shape index (κ1) is 14.2. The van der Waals surface area contributed by atoms with Crippen molar-refractivity contribution in [2.45, 2.75) is 19.3 Å². The molecule has 0 rings (SSSR count). The van der Waals surface area contributed by atoms with Crippen LogP contribution >= 0.6 is 0 Å². The molecule has 0 heterocycles. The third-order valence-corrected chi connectivity index (χ3v) is 1.93. The van der Waals surface area contributed by atoms with Crippen molar-refractivity contribution in [3.05, 3.63) is 12.7 Å². The third kappa shape index (κ3) is 6.58. The van der Waals surface area contributed by atoms with Crippen molar-refractivity contribution in [1.29, 1.82) is 0 Å². The van der Waals surface area contributed by atoms with Crippen LogP contribution in [0.25, 0.3) is 0 Å². The van der Waals surface area contributed by atoms with E-state index in [1.54, 1.807) is 0 Å². The van der Waals surface area contributed by atoms with E-state index in [9.17, 15) is 14.4 Å². The fourth-order valence-corrected chi connectivity index (χ4v) is 1.05. The van der Waals surface area contributed by atoms with Crippen molar-refractivity contribution < 1.29 is 29.3 Å². The summed E-state index contributed by atoms with van der Waals surface area (Å²) in [5.74, 6) is -3.57. The van der Waals surface area contributed by atoms with Gasteiger partial charge in [0.25, 0.3) is 0 Å². The lowest BCUT2D eigenvalue weighted by atomic mass is 10.0. The van der Waals surface area contributed by atoms with Crippen molar-refractivity contribution in [1.82, 2.24) is 0 Å². The maximum absolute atomic E-state index is 10.7. The van der Waals surface area contributed by atoms with Crippen molar-refractivity contribution in [2.75, 3.05) is 6.61 Å². The van der Waals surface area contributed by atoms with Crippen LogP contribution in [0.1, 0.15) is 19.3 Å². The largest absolute Gasteiger partial charge is 0.481 e. The molecule has 0 aromatic carbocycles. The molecular formula is C10H14O6. The van der Waals surface area contributed by atoms with Gasteiger partial charge in [0.15, 0.2) is 0 Å². The first-order valence-corrected chi connectivity index (χ1v) is 4.71. The highest BCUT2D eigenvalue weighted by atomic mass is 16.5.